The van der Waals surface area contributed by atoms with Gasteiger partial charge >= 0.3 is 5.91 Å². The van der Waals surface area contributed by atoms with E-state index >= 15 is 0 Å². The summed E-state index contributed by atoms with van der Waals surface area (Å²) in [5.74, 6) is -0.434. The number of methoxy groups -OCH3 is 1. The van der Waals surface area contributed by atoms with E-state index in [9.17, 15) is 14.7 Å². The minimum Gasteiger partial charge on any atom is -0.505 e. The SMILES string of the molecule is CCOc1ccc(C2/C(=C(\O)c3nc4c(C)cccn4c3C)C(=O)C(=O)N2c2nnc(SCc3ccccc3)s2)cc1OC. The maximum Gasteiger partial charge on any atom is 0.301 e. The summed E-state index contributed by atoms with van der Waals surface area (Å²) >= 11 is 2.69. The maximum absolute atomic E-state index is 13.8. The van der Waals surface area contributed by atoms with Crippen LogP contribution in [0.1, 0.15) is 41.0 Å². The zero-order chi connectivity index (χ0) is 31.0. The quantitative estimate of drug-likeness (QED) is 0.0677. The van der Waals surface area contributed by atoms with Gasteiger partial charge in [0, 0.05) is 11.9 Å². The smallest absolute Gasteiger partial charge is 0.301 e. The number of carbonyl (C=O) groups is 2. The summed E-state index contributed by atoms with van der Waals surface area (Å²) < 4.78 is 13.8. The molecule has 1 atom stereocenters. The average molecular weight is 628 g/mol. The zero-order valence-corrected chi connectivity index (χ0v) is 26.1. The Labute approximate surface area is 262 Å². The number of pyridine rings is 1. The van der Waals surface area contributed by atoms with E-state index < -0.39 is 17.7 Å². The molecule has 1 aliphatic heterocycles. The van der Waals surface area contributed by atoms with Crippen LogP contribution in [0.15, 0.2) is 76.8 Å². The number of aliphatic hydroxyl groups excluding tert-OH is 1. The fourth-order valence-corrected chi connectivity index (χ4v) is 7.05. The van der Waals surface area contributed by atoms with Gasteiger partial charge in [-0.2, -0.15) is 0 Å². The van der Waals surface area contributed by atoms with E-state index in [2.05, 4.69) is 15.2 Å². The van der Waals surface area contributed by atoms with Crippen molar-refractivity contribution in [1.82, 2.24) is 19.6 Å². The van der Waals surface area contributed by atoms with Crippen LogP contribution >= 0.6 is 23.1 Å². The van der Waals surface area contributed by atoms with Crippen LogP contribution < -0.4 is 14.4 Å². The molecule has 2 aromatic carbocycles. The minimum atomic E-state index is -1.02. The maximum atomic E-state index is 13.8. The molecule has 10 nitrogen and oxygen atoms in total. The molecule has 1 aliphatic rings. The second-order valence-electron chi connectivity index (χ2n) is 10.1. The number of anilines is 1. The Bertz CT molecular complexity index is 1920. The molecule has 1 amide bonds. The normalized spacial score (nSPS) is 16.2. The summed E-state index contributed by atoms with van der Waals surface area (Å²) in [6.07, 6.45) is 1.84. The number of ether oxygens (including phenoxy) is 2. The number of hydrogen-bond donors (Lipinski definition) is 1. The number of Topliss-reactive ketones (excluding diaryl/α,β-unsaturated/α-hetero) is 1. The van der Waals surface area contributed by atoms with Gasteiger partial charge in [0.15, 0.2) is 21.6 Å². The highest BCUT2D eigenvalue weighted by atomic mass is 32.2. The lowest BCUT2D eigenvalue weighted by Crippen LogP contribution is -2.29. The summed E-state index contributed by atoms with van der Waals surface area (Å²) in [5.41, 5.74) is 3.94. The Hall–Kier alpha value is -4.68. The van der Waals surface area contributed by atoms with Gasteiger partial charge in [-0.25, -0.2) is 4.98 Å². The molecule has 0 radical (unpaired) electrons. The predicted molar refractivity (Wildman–Crippen MR) is 170 cm³/mol. The van der Waals surface area contributed by atoms with Gasteiger partial charge in [-0.3, -0.25) is 14.5 Å². The third kappa shape index (κ3) is 5.20. The number of fused-ring (bicyclic) bond motifs is 1. The van der Waals surface area contributed by atoms with Crippen LogP contribution in [0, 0.1) is 13.8 Å². The second kappa shape index (κ2) is 12.1. The summed E-state index contributed by atoms with van der Waals surface area (Å²) in [4.78, 5) is 33.5. The number of aryl methyl sites for hydroxylation is 2. The second-order valence-corrected chi connectivity index (χ2v) is 12.2. The van der Waals surface area contributed by atoms with Crippen LogP contribution in [0.25, 0.3) is 11.4 Å². The first-order chi connectivity index (χ1) is 21.3. The molecule has 0 aliphatic carbocycles. The fourth-order valence-electron chi connectivity index (χ4n) is 5.23. The molecule has 1 saturated heterocycles. The molecule has 3 aromatic heterocycles. The van der Waals surface area contributed by atoms with Gasteiger partial charge in [-0.15, -0.1) is 10.2 Å². The van der Waals surface area contributed by atoms with Crippen molar-refractivity contribution in [3.8, 4) is 11.5 Å². The molecule has 1 fully saturated rings. The van der Waals surface area contributed by atoms with Crippen LogP contribution in [0.3, 0.4) is 0 Å². The predicted octanol–water partition coefficient (Wildman–Crippen LogP) is 6.13. The van der Waals surface area contributed by atoms with Gasteiger partial charge < -0.3 is 19.0 Å². The number of hydrogen-bond acceptors (Lipinski definition) is 10. The molecule has 224 valence electrons. The number of nitrogens with zero attached hydrogens (tertiary/aromatic N) is 5. The summed E-state index contributed by atoms with van der Waals surface area (Å²) in [7, 11) is 1.52. The third-order valence-electron chi connectivity index (χ3n) is 7.36. The number of aliphatic hydroxyl groups is 1. The van der Waals surface area contributed by atoms with Crippen molar-refractivity contribution in [2.75, 3.05) is 18.6 Å². The molecular weight excluding hydrogens is 599 g/mol. The largest absolute Gasteiger partial charge is 0.505 e. The van der Waals surface area contributed by atoms with E-state index in [0.29, 0.717) is 45.1 Å². The van der Waals surface area contributed by atoms with Crippen LogP contribution in [-0.4, -0.2) is 50.1 Å². The first-order valence-electron chi connectivity index (χ1n) is 13.9. The Morgan fingerprint density at radius 2 is 1.84 bits per heavy atom. The Morgan fingerprint density at radius 3 is 2.57 bits per heavy atom. The van der Waals surface area contributed by atoms with E-state index in [4.69, 9.17) is 9.47 Å². The number of benzene rings is 2. The highest BCUT2D eigenvalue weighted by Crippen LogP contribution is 2.46. The van der Waals surface area contributed by atoms with Crippen LogP contribution in [0.4, 0.5) is 5.13 Å². The van der Waals surface area contributed by atoms with E-state index in [1.807, 2.05) is 66.9 Å². The summed E-state index contributed by atoms with van der Waals surface area (Å²) in [5, 5.41) is 20.6. The van der Waals surface area contributed by atoms with E-state index in [1.54, 1.807) is 25.1 Å². The number of ketones is 1. The molecule has 0 spiro atoms. The van der Waals surface area contributed by atoms with E-state index in [0.717, 1.165) is 11.1 Å². The lowest BCUT2D eigenvalue weighted by atomic mass is 9.96. The lowest BCUT2D eigenvalue weighted by Gasteiger charge is -2.23. The Kier molecular flexibility index (Phi) is 8.11. The zero-order valence-electron chi connectivity index (χ0n) is 24.5. The van der Waals surface area contributed by atoms with Crippen molar-refractivity contribution < 1.29 is 24.2 Å². The molecule has 1 N–H and O–H groups in total. The van der Waals surface area contributed by atoms with Crippen LogP contribution in [0.2, 0.25) is 0 Å². The van der Waals surface area contributed by atoms with E-state index in [1.165, 1.54) is 35.1 Å². The Balaban J connectivity index is 1.48. The van der Waals surface area contributed by atoms with E-state index in [-0.39, 0.29) is 22.2 Å². The standard InChI is InChI=1S/C32H29N5O5S2/c1-5-42-22-14-13-21(16-23(22)41-4)26-24(27(38)25-19(3)36-15-9-10-18(2)29(36)33-25)28(39)30(40)37(26)31-34-35-32(44-31)43-17-20-11-7-6-8-12-20/h6-16,26,38H,5,17H2,1-4H3/b27-24+. The van der Waals surface area contributed by atoms with Gasteiger partial charge in [-0.05, 0) is 55.7 Å². The van der Waals surface area contributed by atoms with Crippen molar-refractivity contribution in [1.29, 1.82) is 0 Å². The number of aromatic nitrogens is 4. The van der Waals surface area contributed by atoms with Gasteiger partial charge in [0.2, 0.25) is 5.13 Å². The average Bonchev–Trinajstić information content (AvgIpc) is 3.72. The van der Waals surface area contributed by atoms with Gasteiger partial charge in [0.05, 0.1) is 31.0 Å². The molecule has 44 heavy (non-hydrogen) atoms. The summed E-state index contributed by atoms with van der Waals surface area (Å²) in [6.45, 7) is 6.01. The van der Waals surface area contributed by atoms with Crippen molar-refractivity contribution in [2.45, 2.75) is 36.9 Å². The number of thioether (sulfide) groups is 1. The first-order valence-corrected chi connectivity index (χ1v) is 15.7. The molecule has 0 saturated carbocycles. The van der Waals surface area contributed by atoms with Crippen molar-refractivity contribution in [3.05, 3.63) is 101 Å². The highest BCUT2D eigenvalue weighted by Gasteiger charge is 2.49. The molecule has 4 heterocycles. The lowest BCUT2D eigenvalue weighted by molar-refractivity contribution is -0.132. The number of carbonyl (C=O) groups excluding carboxylic acids is 2. The first kappa shape index (κ1) is 29.4. The molecule has 12 heteroatoms. The van der Waals surface area contributed by atoms with Crippen molar-refractivity contribution in [2.24, 2.45) is 0 Å². The third-order valence-corrected chi connectivity index (χ3v) is 9.49. The van der Waals surface area contributed by atoms with Crippen molar-refractivity contribution in [3.63, 3.8) is 0 Å². The van der Waals surface area contributed by atoms with Crippen LogP contribution in [0.5, 0.6) is 11.5 Å². The monoisotopic (exact) mass is 627 g/mol. The highest BCUT2D eigenvalue weighted by molar-refractivity contribution is 8.00. The molecule has 1 unspecified atom stereocenters. The summed E-state index contributed by atoms with van der Waals surface area (Å²) in [6, 6.07) is 17.9. The molecule has 0 bridgehead atoms. The van der Waals surface area contributed by atoms with Crippen LogP contribution in [-0.2, 0) is 15.3 Å². The van der Waals surface area contributed by atoms with Gasteiger partial charge in [-0.1, -0.05) is 65.6 Å². The molecule has 6 rings (SSSR count). The fraction of sp³-hybridized carbons (Fsp3) is 0.219. The van der Waals surface area contributed by atoms with Gasteiger partial charge in [0.1, 0.15) is 11.3 Å². The minimum absolute atomic E-state index is 0.0981. The Morgan fingerprint density at radius 1 is 1.05 bits per heavy atom. The number of imidazole rings is 1. The van der Waals surface area contributed by atoms with Crippen molar-refractivity contribution >= 4 is 51.3 Å². The molecular formula is C32H29N5O5S2. The number of rotatable bonds is 9. The topological polar surface area (TPSA) is 119 Å². The van der Waals surface area contributed by atoms with Gasteiger partial charge in [0.25, 0.3) is 5.78 Å². The number of amides is 1. The molecule has 5 aromatic rings.